The van der Waals surface area contributed by atoms with Gasteiger partial charge in [-0.25, -0.2) is 12.8 Å². The monoisotopic (exact) mass is 322 g/mol. The molecule has 1 aromatic heterocycles. The summed E-state index contributed by atoms with van der Waals surface area (Å²) in [5.41, 5.74) is 1.48. The molecule has 0 radical (unpaired) electrons. The van der Waals surface area contributed by atoms with E-state index in [9.17, 15) is 17.6 Å². The highest BCUT2D eigenvalue weighted by Gasteiger charge is 2.08. The van der Waals surface area contributed by atoms with Gasteiger partial charge in [0.05, 0.1) is 17.0 Å². The van der Waals surface area contributed by atoms with Crippen molar-refractivity contribution in [3.05, 3.63) is 54.0 Å². The number of carbonyl (C=O) groups is 1. The minimum atomic E-state index is -3.11. The summed E-state index contributed by atoms with van der Waals surface area (Å²) >= 11 is 0. The van der Waals surface area contributed by atoms with E-state index in [1.807, 2.05) is 0 Å². The first-order valence-corrected chi connectivity index (χ1v) is 8.59. The number of nitrogens with one attached hydrogen (secondary N) is 1. The third kappa shape index (κ3) is 4.63. The number of aromatic nitrogens is 1. The van der Waals surface area contributed by atoms with Gasteiger partial charge in [-0.3, -0.25) is 9.78 Å². The van der Waals surface area contributed by atoms with Crippen molar-refractivity contribution in [3.8, 4) is 11.3 Å². The van der Waals surface area contributed by atoms with Crippen LogP contribution in [0.5, 0.6) is 0 Å². The Morgan fingerprint density at radius 1 is 1.27 bits per heavy atom. The Morgan fingerprint density at radius 2 is 2.05 bits per heavy atom. The zero-order valence-electron chi connectivity index (χ0n) is 11.9. The Kier molecular flexibility index (Phi) is 4.87. The topological polar surface area (TPSA) is 76.1 Å². The highest BCUT2D eigenvalue weighted by Crippen LogP contribution is 2.17. The quantitative estimate of drug-likeness (QED) is 0.908. The molecule has 0 unspecified atom stereocenters. The van der Waals surface area contributed by atoms with Crippen molar-refractivity contribution < 1.29 is 17.6 Å². The molecule has 0 atom stereocenters. The molecule has 5 nitrogen and oxygen atoms in total. The number of rotatable bonds is 5. The van der Waals surface area contributed by atoms with Gasteiger partial charge < -0.3 is 5.32 Å². The summed E-state index contributed by atoms with van der Waals surface area (Å²) in [6, 6.07) is 9.17. The van der Waals surface area contributed by atoms with Crippen molar-refractivity contribution in [1.82, 2.24) is 10.3 Å². The molecule has 0 aliphatic rings. The maximum atomic E-state index is 13.2. The van der Waals surface area contributed by atoms with Crippen molar-refractivity contribution in [2.45, 2.75) is 0 Å². The maximum absolute atomic E-state index is 13.2. The summed E-state index contributed by atoms with van der Waals surface area (Å²) in [5.74, 6) is -0.878. The van der Waals surface area contributed by atoms with E-state index in [4.69, 9.17) is 0 Å². The molecule has 1 amide bonds. The summed E-state index contributed by atoms with van der Waals surface area (Å²) in [6.07, 6.45) is 2.48. The number of halogens is 1. The molecular weight excluding hydrogens is 307 g/mol. The van der Waals surface area contributed by atoms with E-state index in [-0.39, 0.29) is 18.1 Å². The van der Waals surface area contributed by atoms with Crippen molar-refractivity contribution in [2.24, 2.45) is 0 Å². The van der Waals surface area contributed by atoms with E-state index < -0.39 is 15.7 Å². The predicted molar refractivity (Wildman–Crippen MR) is 81.7 cm³/mol. The zero-order valence-corrected chi connectivity index (χ0v) is 12.7. The van der Waals surface area contributed by atoms with Gasteiger partial charge >= 0.3 is 0 Å². The SMILES string of the molecule is CS(=O)(=O)CCNC(=O)c1ccc(-c2cccc(F)c2)nc1. The van der Waals surface area contributed by atoms with E-state index >= 15 is 0 Å². The van der Waals surface area contributed by atoms with Gasteiger partial charge in [0.2, 0.25) is 0 Å². The molecule has 2 rings (SSSR count). The Bertz CT molecular complexity index is 774. The molecule has 116 valence electrons. The van der Waals surface area contributed by atoms with Crippen LogP contribution >= 0.6 is 0 Å². The number of pyridine rings is 1. The van der Waals surface area contributed by atoms with E-state index in [0.717, 1.165) is 6.26 Å². The molecule has 1 heterocycles. The second-order valence-electron chi connectivity index (χ2n) is 4.83. The van der Waals surface area contributed by atoms with Gasteiger partial charge in [0, 0.05) is 24.6 Å². The van der Waals surface area contributed by atoms with Crippen LogP contribution in [0.1, 0.15) is 10.4 Å². The summed E-state index contributed by atoms with van der Waals surface area (Å²) in [5, 5.41) is 2.51. The van der Waals surface area contributed by atoms with Crippen molar-refractivity contribution in [2.75, 3.05) is 18.6 Å². The Labute approximate surface area is 128 Å². The molecule has 1 aromatic carbocycles. The van der Waals surface area contributed by atoms with E-state index in [0.29, 0.717) is 16.8 Å². The molecular formula is C15H15FN2O3S. The van der Waals surface area contributed by atoms with Crippen LogP contribution in [0.25, 0.3) is 11.3 Å². The second-order valence-corrected chi connectivity index (χ2v) is 7.09. The number of hydrogen-bond donors (Lipinski definition) is 1. The first-order chi connectivity index (χ1) is 10.3. The lowest BCUT2D eigenvalue weighted by Gasteiger charge is -2.05. The Balaban J connectivity index is 2.04. The Morgan fingerprint density at radius 3 is 2.64 bits per heavy atom. The third-order valence-electron chi connectivity index (χ3n) is 2.90. The largest absolute Gasteiger partial charge is 0.351 e. The standard InChI is InChI=1S/C15H15FN2O3S/c1-22(20,21)8-7-17-15(19)12-5-6-14(18-10-12)11-3-2-4-13(16)9-11/h2-6,9-10H,7-8H2,1H3,(H,17,19). The van der Waals surface area contributed by atoms with Crippen LogP contribution in [-0.4, -0.2) is 37.9 Å². The van der Waals surface area contributed by atoms with Crippen LogP contribution in [0.15, 0.2) is 42.6 Å². The van der Waals surface area contributed by atoms with Crippen LogP contribution < -0.4 is 5.32 Å². The number of amides is 1. The first kappa shape index (κ1) is 16.1. The number of nitrogens with zero attached hydrogens (tertiary/aromatic N) is 1. The molecule has 7 heteroatoms. The molecule has 22 heavy (non-hydrogen) atoms. The van der Waals surface area contributed by atoms with Gasteiger partial charge in [0.15, 0.2) is 0 Å². The van der Waals surface area contributed by atoms with Crippen molar-refractivity contribution >= 4 is 15.7 Å². The average molecular weight is 322 g/mol. The van der Waals surface area contributed by atoms with Crippen LogP contribution in [0.3, 0.4) is 0 Å². The number of benzene rings is 1. The van der Waals surface area contributed by atoms with Crippen LogP contribution in [0, 0.1) is 5.82 Å². The molecule has 2 aromatic rings. The van der Waals surface area contributed by atoms with Gasteiger partial charge in [-0.1, -0.05) is 12.1 Å². The van der Waals surface area contributed by atoms with Gasteiger partial charge in [-0.2, -0.15) is 0 Å². The average Bonchev–Trinajstić information content (AvgIpc) is 2.46. The number of sulfone groups is 1. The molecule has 0 aliphatic heterocycles. The smallest absolute Gasteiger partial charge is 0.252 e. The van der Waals surface area contributed by atoms with Gasteiger partial charge in [-0.05, 0) is 24.3 Å². The molecule has 0 bridgehead atoms. The van der Waals surface area contributed by atoms with E-state index in [2.05, 4.69) is 10.3 Å². The summed E-state index contributed by atoms with van der Waals surface area (Å²) in [7, 11) is -3.11. The van der Waals surface area contributed by atoms with Crippen LogP contribution in [-0.2, 0) is 9.84 Å². The van der Waals surface area contributed by atoms with E-state index in [1.54, 1.807) is 24.3 Å². The summed E-state index contributed by atoms with van der Waals surface area (Å²) < 4.78 is 35.1. The minimum absolute atomic E-state index is 0.0450. The third-order valence-corrected chi connectivity index (χ3v) is 3.85. The number of hydrogen-bond acceptors (Lipinski definition) is 4. The van der Waals surface area contributed by atoms with Crippen LogP contribution in [0.2, 0.25) is 0 Å². The molecule has 0 spiro atoms. The number of carbonyl (C=O) groups excluding carboxylic acids is 1. The summed E-state index contributed by atoms with van der Waals surface area (Å²) in [6.45, 7) is 0.0450. The second kappa shape index (κ2) is 6.65. The lowest BCUT2D eigenvalue weighted by Crippen LogP contribution is -2.28. The minimum Gasteiger partial charge on any atom is -0.351 e. The maximum Gasteiger partial charge on any atom is 0.252 e. The fourth-order valence-corrected chi connectivity index (χ4v) is 2.27. The fraction of sp³-hybridized carbons (Fsp3) is 0.200. The van der Waals surface area contributed by atoms with Gasteiger partial charge in [0.25, 0.3) is 5.91 Å². The normalized spacial score (nSPS) is 11.2. The molecule has 0 fully saturated rings. The molecule has 0 aliphatic carbocycles. The fourth-order valence-electron chi connectivity index (χ4n) is 1.80. The zero-order chi connectivity index (χ0) is 16.2. The predicted octanol–water partition coefficient (Wildman–Crippen LogP) is 1.66. The van der Waals surface area contributed by atoms with Gasteiger partial charge in [-0.15, -0.1) is 0 Å². The first-order valence-electron chi connectivity index (χ1n) is 6.53. The molecule has 0 saturated carbocycles. The van der Waals surface area contributed by atoms with Crippen molar-refractivity contribution in [3.63, 3.8) is 0 Å². The Hall–Kier alpha value is -2.28. The highest BCUT2D eigenvalue weighted by molar-refractivity contribution is 7.90. The lowest BCUT2D eigenvalue weighted by atomic mass is 10.1. The lowest BCUT2D eigenvalue weighted by molar-refractivity contribution is 0.0956. The van der Waals surface area contributed by atoms with E-state index in [1.165, 1.54) is 18.3 Å². The summed E-state index contributed by atoms with van der Waals surface area (Å²) in [4.78, 5) is 15.9. The van der Waals surface area contributed by atoms with Crippen molar-refractivity contribution in [1.29, 1.82) is 0 Å². The van der Waals surface area contributed by atoms with Crippen LogP contribution in [0.4, 0.5) is 4.39 Å². The highest BCUT2D eigenvalue weighted by atomic mass is 32.2. The van der Waals surface area contributed by atoms with Gasteiger partial charge in [0.1, 0.15) is 15.7 Å². The molecule has 0 saturated heterocycles. The molecule has 1 N–H and O–H groups in total.